The second kappa shape index (κ2) is 7.39. The van der Waals surface area contributed by atoms with E-state index in [1.54, 1.807) is 22.7 Å². The first-order chi connectivity index (χ1) is 9.73. The minimum absolute atomic E-state index is 0.302. The molecule has 1 unspecified atom stereocenters. The van der Waals surface area contributed by atoms with Crippen LogP contribution in [0.2, 0.25) is 0 Å². The molecule has 2 heterocycles. The summed E-state index contributed by atoms with van der Waals surface area (Å²) in [7, 11) is 0. The molecule has 0 bridgehead atoms. The molecule has 0 aliphatic rings. The van der Waals surface area contributed by atoms with Crippen LogP contribution in [0.5, 0.6) is 0 Å². The van der Waals surface area contributed by atoms with Crippen molar-refractivity contribution < 1.29 is 5.11 Å². The Bertz CT molecular complexity index is 439. The van der Waals surface area contributed by atoms with E-state index in [1.807, 2.05) is 0 Å². The lowest BCUT2D eigenvalue weighted by Crippen LogP contribution is -2.35. The highest BCUT2D eigenvalue weighted by molar-refractivity contribution is 7.08. The maximum absolute atomic E-state index is 11.6. The van der Waals surface area contributed by atoms with Gasteiger partial charge in [-0.05, 0) is 63.5 Å². The lowest BCUT2D eigenvalue weighted by molar-refractivity contribution is 0.00748. The summed E-state index contributed by atoms with van der Waals surface area (Å²) in [4.78, 5) is 0. The molecule has 0 aromatic carbocycles. The molecule has 3 heteroatoms. The number of rotatable bonds is 8. The standard InChI is InChI=1S/C17H24OS2/c1-3-5-7-14(6-4-2)17(18,15-8-10-19-12-15)16-9-11-20-13-16/h8-14,18H,3-7H2,1-2H3. The number of unbranched alkanes of at least 4 members (excludes halogenated alkanes) is 1. The average Bonchev–Trinajstić information content (AvgIpc) is 3.15. The lowest BCUT2D eigenvalue weighted by atomic mass is 9.74. The number of hydrogen-bond donors (Lipinski definition) is 1. The van der Waals surface area contributed by atoms with Crippen molar-refractivity contribution in [2.45, 2.75) is 51.6 Å². The molecule has 2 rings (SSSR count). The van der Waals surface area contributed by atoms with Crippen molar-refractivity contribution in [2.75, 3.05) is 0 Å². The first-order valence-electron chi connectivity index (χ1n) is 7.51. The molecule has 0 radical (unpaired) electrons. The van der Waals surface area contributed by atoms with E-state index in [9.17, 15) is 5.11 Å². The monoisotopic (exact) mass is 308 g/mol. The van der Waals surface area contributed by atoms with Crippen LogP contribution < -0.4 is 0 Å². The Kier molecular flexibility index (Phi) is 5.82. The third-order valence-corrected chi connectivity index (χ3v) is 5.42. The van der Waals surface area contributed by atoms with Crippen molar-refractivity contribution in [3.63, 3.8) is 0 Å². The third-order valence-electron chi connectivity index (χ3n) is 4.06. The van der Waals surface area contributed by atoms with Crippen LogP contribution in [-0.4, -0.2) is 5.11 Å². The van der Waals surface area contributed by atoms with Gasteiger partial charge in [-0.2, -0.15) is 22.7 Å². The van der Waals surface area contributed by atoms with Crippen LogP contribution in [0, 0.1) is 5.92 Å². The predicted molar refractivity (Wildman–Crippen MR) is 89.6 cm³/mol. The van der Waals surface area contributed by atoms with Crippen LogP contribution in [0.25, 0.3) is 0 Å². The number of hydrogen-bond acceptors (Lipinski definition) is 3. The smallest absolute Gasteiger partial charge is 0.119 e. The topological polar surface area (TPSA) is 20.2 Å². The van der Waals surface area contributed by atoms with Gasteiger partial charge in [0, 0.05) is 0 Å². The van der Waals surface area contributed by atoms with E-state index in [0.717, 1.165) is 30.4 Å². The van der Waals surface area contributed by atoms with Crippen molar-refractivity contribution in [3.05, 3.63) is 44.8 Å². The molecular weight excluding hydrogens is 284 g/mol. The second-order valence-corrected chi connectivity index (χ2v) is 6.98. The predicted octanol–water partition coefficient (Wildman–Crippen LogP) is 5.65. The maximum Gasteiger partial charge on any atom is 0.119 e. The van der Waals surface area contributed by atoms with Gasteiger partial charge in [0.2, 0.25) is 0 Å². The summed E-state index contributed by atoms with van der Waals surface area (Å²) < 4.78 is 0. The van der Waals surface area contributed by atoms with E-state index in [1.165, 1.54) is 12.8 Å². The van der Waals surface area contributed by atoms with E-state index in [-0.39, 0.29) is 0 Å². The fraction of sp³-hybridized carbons (Fsp3) is 0.529. The van der Waals surface area contributed by atoms with Crippen LogP contribution in [0.3, 0.4) is 0 Å². The summed E-state index contributed by atoms with van der Waals surface area (Å²) in [6, 6.07) is 4.16. The average molecular weight is 309 g/mol. The van der Waals surface area contributed by atoms with Crippen molar-refractivity contribution in [1.82, 2.24) is 0 Å². The summed E-state index contributed by atoms with van der Waals surface area (Å²) in [5, 5.41) is 19.9. The molecule has 1 N–H and O–H groups in total. The van der Waals surface area contributed by atoms with Crippen LogP contribution in [0.4, 0.5) is 0 Å². The van der Waals surface area contributed by atoms with Crippen molar-refractivity contribution in [1.29, 1.82) is 0 Å². The Morgan fingerprint density at radius 2 is 1.60 bits per heavy atom. The second-order valence-electron chi connectivity index (χ2n) is 5.42. The minimum Gasteiger partial charge on any atom is -0.380 e. The van der Waals surface area contributed by atoms with Gasteiger partial charge in [-0.15, -0.1) is 0 Å². The zero-order valence-corrected chi connectivity index (χ0v) is 14.0. The molecule has 20 heavy (non-hydrogen) atoms. The van der Waals surface area contributed by atoms with E-state index in [4.69, 9.17) is 0 Å². The Labute approximate surface area is 130 Å². The molecular formula is C17H24OS2. The Morgan fingerprint density at radius 3 is 2.00 bits per heavy atom. The molecule has 0 spiro atoms. The Hall–Kier alpha value is -0.640. The fourth-order valence-electron chi connectivity index (χ4n) is 2.96. The third kappa shape index (κ3) is 3.16. The van der Waals surface area contributed by atoms with Crippen LogP contribution in [-0.2, 0) is 5.60 Å². The molecule has 2 aromatic rings. The summed E-state index contributed by atoms with van der Waals surface area (Å²) in [5.41, 5.74) is 1.32. The number of thiophene rings is 2. The summed E-state index contributed by atoms with van der Waals surface area (Å²) in [6.45, 7) is 4.43. The van der Waals surface area contributed by atoms with Gasteiger partial charge in [0.1, 0.15) is 5.60 Å². The molecule has 0 amide bonds. The normalized spacial score (nSPS) is 13.6. The van der Waals surface area contributed by atoms with Crippen molar-refractivity contribution in [2.24, 2.45) is 5.92 Å². The Balaban J connectivity index is 2.39. The molecule has 0 aliphatic carbocycles. The van der Waals surface area contributed by atoms with Gasteiger partial charge in [-0.25, -0.2) is 0 Å². The molecule has 0 saturated carbocycles. The molecule has 0 aliphatic heterocycles. The van der Waals surface area contributed by atoms with E-state index in [2.05, 4.69) is 47.5 Å². The highest BCUT2D eigenvalue weighted by Crippen LogP contribution is 2.43. The van der Waals surface area contributed by atoms with Gasteiger partial charge in [0.05, 0.1) is 0 Å². The molecule has 2 aromatic heterocycles. The summed E-state index contributed by atoms with van der Waals surface area (Å²) in [5.74, 6) is 0.302. The zero-order chi connectivity index (χ0) is 14.4. The Morgan fingerprint density at radius 1 is 1.00 bits per heavy atom. The van der Waals surface area contributed by atoms with E-state index < -0.39 is 5.60 Å². The molecule has 0 fully saturated rings. The molecule has 0 saturated heterocycles. The van der Waals surface area contributed by atoms with E-state index in [0.29, 0.717) is 5.92 Å². The van der Waals surface area contributed by atoms with Gasteiger partial charge in [0.15, 0.2) is 0 Å². The van der Waals surface area contributed by atoms with Crippen molar-refractivity contribution >= 4 is 22.7 Å². The van der Waals surface area contributed by atoms with Crippen LogP contribution in [0.15, 0.2) is 33.7 Å². The summed E-state index contributed by atoms with van der Waals surface area (Å²) >= 11 is 3.33. The van der Waals surface area contributed by atoms with Gasteiger partial charge >= 0.3 is 0 Å². The highest BCUT2D eigenvalue weighted by Gasteiger charge is 2.39. The van der Waals surface area contributed by atoms with Gasteiger partial charge < -0.3 is 5.11 Å². The zero-order valence-electron chi connectivity index (χ0n) is 12.3. The highest BCUT2D eigenvalue weighted by atomic mass is 32.1. The minimum atomic E-state index is -0.814. The molecule has 110 valence electrons. The number of aliphatic hydroxyl groups is 1. The first-order valence-corrected chi connectivity index (χ1v) is 9.39. The van der Waals surface area contributed by atoms with Gasteiger partial charge in [-0.1, -0.05) is 33.1 Å². The lowest BCUT2D eigenvalue weighted by Gasteiger charge is -2.36. The maximum atomic E-state index is 11.6. The molecule has 1 nitrogen and oxygen atoms in total. The van der Waals surface area contributed by atoms with Crippen LogP contribution in [0.1, 0.15) is 57.1 Å². The van der Waals surface area contributed by atoms with Crippen molar-refractivity contribution in [3.8, 4) is 0 Å². The largest absolute Gasteiger partial charge is 0.380 e. The summed E-state index contributed by atoms with van der Waals surface area (Å²) in [6.07, 6.45) is 5.64. The van der Waals surface area contributed by atoms with E-state index >= 15 is 0 Å². The first kappa shape index (κ1) is 15.7. The SMILES string of the molecule is CCCCC(CCC)C(O)(c1ccsc1)c1ccsc1. The van der Waals surface area contributed by atoms with Gasteiger partial charge in [0.25, 0.3) is 0 Å². The van der Waals surface area contributed by atoms with Crippen LogP contribution >= 0.6 is 22.7 Å². The fourth-order valence-corrected chi connectivity index (χ4v) is 4.38. The quantitative estimate of drug-likeness (QED) is 0.668. The van der Waals surface area contributed by atoms with Gasteiger partial charge in [-0.3, -0.25) is 0 Å². The molecule has 1 atom stereocenters.